The van der Waals surface area contributed by atoms with Crippen LogP contribution in [0.3, 0.4) is 0 Å². The molecule has 19 heavy (non-hydrogen) atoms. The van der Waals surface area contributed by atoms with Gasteiger partial charge in [-0.1, -0.05) is 39.3 Å². The number of rotatable bonds is 2. The van der Waals surface area contributed by atoms with E-state index < -0.39 is 16.1 Å². The Kier molecular flexibility index (Phi) is 4.38. The minimum atomic E-state index is -1.34. The van der Waals surface area contributed by atoms with Crippen LogP contribution < -0.4 is 0 Å². The molecule has 0 aliphatic carbocycles. The first kappa shape index (κ1) is 17.2. The van der Waals surface area contributed by atoms with Crippen LogP contribution in [0.2, 0.25) is 39.3 Å². The summed E-state index contributed by atoms with van der Waals surface area (Å²) in [6, 6.07) is 0. The molecular formula is C14H31NOSSi2. The maximum atomic E-state index is 5.99. The highest BCUT2D eigenvalue weighted by Gasteiger charge is 2.62. The highest BCUT2D eigenvalue weighted by atomic mass is 32.1. The molecule has 0 amide bonds. The third-order valence-electron chi connectivity index (χ3n) is 4.25. The Morgan fingerprint density at radius 2 is 1.47 bits per heavy atom. The first-order chi connectivity index (χ1) is 8.22. The lowest BCUT2D eigenvalue weighted by Gasteiger charge is -2.65. The van der Waals surface area contributed by atoms with Gasteiger partial charge >= 0.3 is 0 Å². The van der Waals surface area contributed by atoms with Crippen molar-refractivity contribution in [3.05, 3.63) is 0 Å². The first-order valence-electron chi connectivity index (χ1n) is 7.23. The highest BCUT2D eigenvalue weighted by Crippen LogP contribution is 2.46. The average molecular weight is 318 g/mol. The van der Waals surface area contributed by atoms with E-state index in [4.69, 9.17) is 17.0 Å². The maximum Gasteiger partial charge on any atom is 0.259 e. The number of nitrogens with zero attached hydrogens (tertiary/aromatic N) is 1. The molecule has 0 N–H and O–H groups in total. The lowest BCUT2D eigenvalue weighted by atomic mass is 10.2. The van der Waals surface area contributed by atoms with Gasteiger partial charge in [0.1, 0.15) is 5.60 Å². The van der Waals surface area contributed by atoms with E-state index >= 15 is 0 Å². The zero-order valence-electron chi connectivity index (χ0n) is 14.2. The van der Waals surface area contributed by atoms with Crippen LogP contribution in [0.1, 0.15) is 27.2 Å². The van der Waals surface area contributed by atoms with Gasteiger partial charge in [-0.05, 0) is 39.4 Å². The van der Waals surface area contributed by atoms with Crippen molar-refractivity contribution in [1.29, 1.82) is 0 Å². The quantitative estimate of drug-likeness (QED) is 0.557. The van der Waals surface area contributed by atoms with Gasteiger partial charge in [0.05, 0.1) is 16.1 Å². The lowest BCUT2D eigenvalue weighted by Crippen LogP contribution is -2.82. The normalized spacial score (nSPS) is 19.9. The van der Waals surface area contributed by atoms with E-state index in [1.54, 1.807) is 0 Å². The summed E-state index contributed by atoms with van der Waals surface area (Å²) >= 11 is 5.61. The van der Waals surface area contributed by atoms with Crippen molar-refractivity contribution in [1.82, 2.24) is 4.90 Å². The summed E-state index contributed by atoms with van der Waals surface area (Å²) < 4.78 is 5.99. The molecule has 0 atom stereocenters. The zero-order chi connectivity index (χ0) is 15.3. The second-order valence-electron chi connectivity index (χ2n) is 8.74. The molecule has 0 spiro atoms. The van der Waals surface area contributed by atoms with Crippen LogP contribution in [0.15, 0.2) is 0 Å². The predicted octanol–water partition coefficient (Wildman–Crippen LogP) is 4.29. The molecule has 1 heterocycles. The van der Waals surface area contributed by atoms with Crippen molar-refractivity contribution in [3.63, 3.8) is 0 Å². The topological polar surface area (TPSA) is 12.5 Å². The largest absolute Gasteiger partial charge is 0.465 e. The summed E-state index contributed by atoms with van der Waals surface area (Å²) in [4.78, 5) is 2.79. The van der Waals surface area contributed by atoms with Crippen LogP contribution >= 0.6 is 12.2 Å². The van der Waals surface area contributed by atoms with Crippen molar-refractivity contribution in [3.8, 4) is 0 Å². The van der Waals surface area contributed by atoms with Crippen LogP contribution in [0, 0.1) is 0 Å². The number of hydrogen-bond donors (Lipinski definition) is 0. The molecule has 1 aliphatic rings. The molecule has 0 aromatic carbocycles. The smallest absolute Gasteiger partial charge is 0.259 e. The summed E-state index contributed by atoms with van der Waals surface area (Å²) in [6.07, 6.45) is 1.30. The highest BCUT2D eigenvalue weighted by molar-refractivity contribution is 7.80. The molecule has 5 heteroatoms. The molecule has 0 aromatic rings. The van der Waals surface area contributed by atoms with Gasteiger partial charge < -0.3 is 9.64 Å². The third kappa shape index (κ3) is 3.08. The van der Waals surface area contributed by atoms with Gasteiger partial charge in [0, 0.05) is 11.3 Å². The zero-order valence-corrected chi connectivity index (χ0v) is 17.0. The van der Waals surface area contributed by atoms with Gasteiger partial charge in [0.2, 0.25) is 0 Å². The van der Waals surface area contributed by atoms with Gasteiger partial charge in [-0.3, -0.25) is 0 Å². The molecular weight excluding hydrogens is 286 g/mol. The summed E-state index contributed by atoms with van der Waals surface area (Å²) in [6.45, 7) is 22.2. The molecule has 0 aromatic heterocycles. The Morgan fingerprint density at radius 3 is 1.68 bits per heavy atom. The molecule has 0 saturated carbocycles. The van der Waals surface area contributed by atoms with Crippen LogP contribution in [-0.4, -0.2) is 43.2 Å². The van der Waals surface area contributed by atoms with Crippen molar-refractivity contribution >= 4 is 33.5 Å². The average Bonchev–Trinajstić information content (AvgIpc) is 1.89. The molecule has 1 saturated heterocycles. The molecule has 1 aliphatic heterocycles. The van der Waals surface area contributed by atoms with Crippen LogP contribution in [-0.2, 0) is 4.74 Å². The van der Waals surface area contributed by atoms with Gasteiger partial charge in [-0.25, -0.2) is 0 Å². The number of likely N-dealkylation sites (tertiary alicyclic amines) is 1. The van der Waals surface area contributed by atoms with E-state index in [9.17, 15) is 0 Å². The SMILES string of the molecule is CC(C)(C)OC(=S)N1CCC1([Si](C)(C)C)[Si](C)(C)C. The van der Waals surface area contributed by atoms with Crippen LogP contribution in [0.4, 0.5) is 0 Å². The van der Waals surface area contributed by atoms with E-state index in [0.717, 1.165) is 11.7 Å². The molecule has 1 fully saturated rings. The standard InChI is InChI=1S/C14H31NOSSi2/c1-13(2,3)16-12(17)15-11-10-14(15,18(4,5)6)19(7,8)9/h10-11H2,1-9H3. The Bertz CT molecular complexity index is 349. The molecule has 1 rings (SSSR count). The molecule has 2 nitrogen and oxygen atoms in total. The Labute approximate surface area is 126 Å². The number of hydrogen-bond acceptors (Lipinski definition) is 2. The number of thiocarbonyl (C=S) groups is 1. The van der Waals surface area contributed by atoms with Gasteiger partial charge in [-0.15, -0.1) is 0 Å². The fourth-order valence-electron chi connectivity index (χ4n) is 3.70. The second kappa shape index (κ2) is 4.84. The van der Waals surface area contributed by atoms with Gasteiger partial charge in [0.15, 0.2) is 0 Å². The maximum absolute atomic E-state index is 5.99. The van der Waals surface area contributed by atoms with E-state index in [2.05, 4.69) is 65.0 Å². The minimum Gasteiger partial charge on any atom is -0.465 e. The monoisotopic (exact) mass is 317 g/mol. The molecule has 0 bridgehead atoms. The van der Waals surface area contributed by atoms with Crippen molar-refractivity contribution in [2.24, 2.45) is 0 Å². The minimum absolute atomic E-state index is 0.197. The fourth-order valence-corrected chi connectivity index (χ4v) is 17.1. The molecule has 0 radical (unpaired) electrons. The summed E-state index contributed by atoms with van der Waals surface area (Å²) in [7, 11) is -2.68. The van der Waals surface area contributed by atoms with E-state index in [-0.39, 0.29) is 5.60 Å². The summed E-state index contributed by atoms with van der Waals surface area (Å²) in [5.41, 5.74) is -0.197. The Morgan fingerprint density at radius 1 is 1.05 bits per heavy atom. The molecule has 0 unspecified atom stereocenters. The van der Waals surface area contributed by atoms with E-state index in [1.807, 2.05) is 0 Å². The fraction of sp³-hybridized carbons (Fsp3) is 0.929. The third-order valence-corrected chi connectivity index (χ3v) is 15.1. The Balaban J connectivity index is 3.07. The second-order valence-corrected chi connectivity index (χ2v) is 20.2. The Hall–Kier alpha value is 0.124. The van der Waals surface area contributed by atoms with E-state index in [1.165, 1.54) is 6.42 Å². The predicted molar refractivity (Wildman–Crippen MR) is 94.2 cm³/mol. The van der Waals surface area contributed by atoms with Crippen molar-refractivity contribution in [2.45, 2.75) is 76.9 Å². The van der Waals surface area contributed by atoms with Gasteiger partial charge in [-0.2, -0.15) is 0 Å². The molecule has 112 valence electrons. The number of ether oxygens (including phenoxy) is 1. The van der Waals surface area contributed by atoms with Crippen molar-refractivity contribution < 1.29 is 4.74 Å². The lowest BCUT2D eigenvalue weighted by molar-refractivity contribution is 0.0630. The van der Waals surface area contributed by atoms with Crippen LogP contribution in [0.25, 0.3) is 0 Å². The first-order valence-corrected chi connectivity index (χ1v) is 14.6. The summed E-state index contributed by atoms with van der Waals surface area (Å²) in [5.74, 6) is 0. The van der Waals surface area contributed by atoms with Crippen molar-refractivity contribution in [2.75, 3.05) is 6.54 Å². The van der Waals surface area contributed by atoms with Crippen LogP contribution in [0.5, 0.6) is 0 Å². The van der Waals surface area contributed by atoms with E-state index in [0.29, 0.717) is 4.79 Å². The van der Waals surface area contributed by atoms with Gasteiger partial charge in [0.25, 0.3) is 5.17 Å². The summed E-state index contributed by atoms with van der Waals surface area (Å²) in [5, 5.41) is 0.726.